The lowest BCUT2D eigenvalue weighted by molar-refractivity contribution is -0.109. The first kappa shape index (κ1) is 21.2. The molecule has 7 unspecified atom stereocenters. The summed E-state index contributed by atoms with van der Waals surface area (Å²) < 4.78 is 0. The molecule has 4 rings (SSSR count). The fourth-order valence-electron chi connectivity index (χ4n) is 9.18. The van der Waals surface area contributed by atoms with Crippen LogP contribution in [0.2, 0.25) is 0 Å². The molecule has 0 radical (unpaired) electrons. The van der Waals surface area contributed by atoms with Crippen LogP contribution in [0, 0.1) is 46.8 Å². The molecule has 0 aliphatic heterocycles. The van der Waals surface area contributed by atoms with E-state index in [1.165, 1.54) is 70.6 Å². The largest absolute Gasteiger partial charge is 0.390 e. The van der Waals surface area contributed by atoms with Gasteiger partial charge in [-0.15, -0.1) is 0 Å². The summed E-state index contributed by atoms with van der Waals surface area (Å²) in [7, 11) is 0. The van der Waals surface area contributed by atoms with Crippen LogP contribution in [0.1, 0.15) is 118 Å². The second-order valence-electron chi connectivity index (χ2n) is 12.0. The van der Waals surface area contributed by atoms with Gasteiger partial charge in [0.15, 0.2) is 0 Å². The van der Waals surface area contributed by atoms with E-state index in [-0.39, 0.29) is 5.60 Å². The van der Waals surface area contributed by atoms with Gasteiger partial charge in [-0.3, -0.25) is 0 Å². The third-order valence-corrected chi connectivity index (χ3v) is 10.8. The maximum absolute atomic E-state index is 10.9. The Kier molecular flexibility index (Phi) is 6.24. The van der Waals surface area contributed by atoms with Crippen molar-refractivity contribution in [1.82, 2.24) is 0 Å². The highest BCUT2D eigenvalue weighted by molar-refractivity contribution is 5.07. The molecule has 0 heterocycles. The van der Waals surface area contributed by atoms with E-state index < -0.39 is 0 Å². The molecule has 28 heavy (non-hydrogen) atoms. The van der Waals surface area contributed by atoms with Gasteiger partial charge in [-0.25, -0.2) is 0 Å². The van der Waals surface area contributed by atoms with Crippen molar-refractivity contribution in [3.63, 3.8) is 0 Å². The second-order valence-corrected chi connectivity index (χ2v) is 12.0. The quantitative estimate of drug-likeness (QED) is 0.464. The predicted octanol–water partition coefficient (Wildman–Crippen LogP) is 7.61. The van der Waals surface area contributed by atoms with Crippen molar-refractivity contribution in [2.75, 3.05) is 0 Å². The van der Waals surface area contributed by atoms with Gasteiger partial charge in [0.25, 0.3) is 0 Å². The molecule has 4 saturated carbocycles. The summed E-state index contributed by atoms with van der Waals surface area (Å²) in [5.41, 5.74) is 0.308. The molecule has 0 saturated heterocycles. The van der Waals surface area contributed by atoms with Crippen molar-refractivity contribution in [3.05, 3.63) is 0 Å². The number of hydrogen-bond acceptors (Lipinski definition) is 1. The Balaban J connectivity index is 1.44. The van der Waals surface area contributed by atoms with Crippen LogP contribution in [-0.2, 0) is 0 Å². The molecule has 162 valence electrons. The zero-order valence-electron chi connectivity index (χ0n) is 19.4. The highest BCUT2D eigenvalue weighted by Crippen LogP contribution is 2.66. The Bertz CT molecular complexity index is 528. The Hall–Kier alpha value is -0.0400. The van der Waals surface area contributed by atoms with Crippen LogP contribution >= 0.6 is 0 Å². The van der Waals surface area contributed by atoms with E-state index in [0.717, 1.165) is 60.7 Å². The number of fused-ring (bicyclic) bond motifs is 5. The number of unbranched alkanes of at least 4 members (excludes halogenated alkanes) is 2. The molecule has 0 amide bonds. The third kappa shape index (κ3) is 3.61. The molecular weight excluding hydrogens is 340 g/mol. The van der Waals surface area contributed by atoms with E-state index in [1.807, 2.05) is 0 Å². The smallest absolute Gasteiger partial charge is 0.0648 e. The molecule has 1 nitrogen and oxygen atoms in total. The lowest BCUT2D eigenvalue weighted by atomic mass is 9.48. The van der Waals surface area contributed by atoms with E-state index in [9.17, 15) is 5.11 Å². The molecule has 0 aromatic carbocycles. The van der Waals surface area contributed by atoms with E-state index in [2.05, 4.69) is 27.7 Å². The predicted molar refractivity (Wildman–Crippen MR) is 119 cm³/mol. The fourth-order valence-corrected chi connectivity index (χ4v) is 9.18. The molecule has 0 bridgehead atoms. The summed E-state index contributed by atoms with van der Waals surface area (Å²) >= 11 is 0. The highest BCUT2D eigenvalue weighted by Gasteiger charge is 2.58. The van der Waals surface area contributed by atoms with Crippen LogP contribution in [0.4, 0.5) is 0 Å². The first-order chi connectivity index (χ1) is 13.4. The van der Waals surface area contributed by atoms with Gasteiger partial charge in [0.05, 0.1) is 5.60 Å². The fraction of sp³-hybridized carbons (Fsp3) is 1.00. The van der Waals surface area contributed by atoms with Crippen molar-refractivity contribution in [3.8, 4) is 0 Å². The first-order valence-electron chi connectivity index (χ1n) is 13.1. The minimum absolute atomic E-state index is 0.330. The number of hydrogen-bond donors (Lipinski definition) is 1. The highest BCUT2D eigenvalue weighted by atomic mass is 16.3. The lowest BCUT2D eigenvalue weighted by Crippen LogP contribution is -2.51. The molecule has 9 atom stereocenters. The summed E-state index contributed by atoms with van der Waals surface area (Å²) in [6, 6.07) is 0. The summed E-state index contributed by atoms with van der Waals surface area (Å²) in [5, 5.41) is 10.9. The standard InChI is InChI=1S/C27H48O/c1-5-7-8-9-19(3)24-12-13-25-23-11-10-20-18-27(28,6-2)17-15-21(20)22(23)14-16-26(24,25)4/h19-25,28H,5-18H2,1-4H3/t19?,20?,21-,22?,23?,24?,25?,26?,27-/m0/s1. The van der Waals surface area contributed by atoms with Gasteiger partial charge in [-0.05, 0) is 111 Å². The Labute approximate surface area is 175 Å². The van der Waals surface area contributed by atoms with E-state index in [4.69, 9.17) is 0 Å². The van der Waals surface area contributed by atoms with Gasteiger partial charge in [0, 0.05) is 0 Å². The minimum atomic E-state index is -0.330. The van der Waals surface area contributed by atoms with Gasteiger partial charge in [0.2, 0.25) is 0 Å². The van der Waals surface area contributed by atoms with Crippen molar-refractivity contribution in [1.29, 1.82) is 0 Å². The van der Waals surface area contributed by atoms with Crippen LogP contribution in [0.15, 0.2) is 0 Å². The summed E-state index contributed by atoms with van der Waals surface area (Å²) in [6.45, 7) is 9.83. The monoisotopic (exact) mass is 388 g/mol. The van der Waals surface area contributed by atoms with Crippen LogP contribution in [0.25, 0.3) is 0 Å². The molecule has 0 aromatic rings. The van der Waals surface area contributed by atoms with Gasteiger partial charge < -0.3 is 5.11 Å². The minimum Gasteiger partial charge on any atom is -0.390 e. The van der Waals surface area contributed by atoms with E-state index in [0.29, 0.717) is 5.41 Å². The van der Waals surface area contributed by atoms with Crippen LogP contribution < -0.4 is 0 Å². The maximum Gasteiger partial charge on any atom is 0.0648 e. The molecule has 4 aliphatic carbocycles. The molecule has 0 spiro atoms. The Morgan fingerprint density at radius 3 is 2.43 bits per heavy atom. The molecule has 1 heteroatoms. The van der Waals surface area contributed by atoms with E-state index >= 15 is 0 Å². The molecular formula is C27H48O. The number of rotatable bonds is 6. The van der Waals surface area contributed by atoms with Crippen molar-refractivity contribution < 1.29 is 5.11 Å². The average molecular weight is 389 g/mol. The Morgan fingerprint density at radius 2 is 1.68 bits per heavy atom. The average Bonchev–Trinajstić information content (AvgIpc) is 3.05. The van der Waals surface area contributed by atoms with Gasteiger partial charge >= 0.3 is 0 Å². The third-order valence-electron chi connectivity index (χ3n) is 10.8. The number of aliphatic hydroxyl groups is 1. The van der Waals surface area contributed by atoms with Gasteiger partial charge in [0.1, 0.15) is 0 Å². The van der Waals surface area contributed by atoms with Crippen LogP contribution in [0.3, 0.4) is 0 Å². The topological polar surface area (TPSA) is 20.2 Å². The normalized spacial score (nSPS) is 49.2. The summed E-state index contributed by atoms with van der Waals surface area (Å²) in [4.78, 5) is 0. The Morgan fingerprint density at radius 1 is 0.893 bits per heavy atom. The summed E-state index contributed by atoms with van der Waals surface area (Å²) in [5.74, 6) is 6.71. The van der Waals surface area contributed by atoms with E-state index in [1.54, 1.807) is 0 Å². The molecule has 1 N–H and O–H groups in total. The maximum atomic E-state index is 10.9. The van der Waals surface area contributed by atoms with Crippen molar-refractivity contribution >= 4 is 0 Å². The zero-order valence-corrected chi connectivity index (χ0v) is 19.4. The van der Waals surface area contributed by atoms with Gasteiger partial charge in [-0.1, -0.05) is 53.4 Å². The molecule has 0 aromatic heterocycles. The SMILES string of the molecule is CCCCCC(C)C1CCC2C3CCC4C[C@](O)(CC)CC[C@@H]4C3CCC12C. The van der Waals surface area contributed by atoms with Crippen LogP contribution in [0.5, 0.6) is 0 Å². The van der Waals surface area contributed by atoms with Crippen LogP contribution in [-0.4, -0.2) is 10.7 Å². The van der Waals surface area contributed by atoms with Crippen molar-refractivity contribution in [2.24, 2.45) is 46.8 Å². The zero-order chi connectivity index (χ0) is 19.9. The summed E-state index contributed by atoms with van der Waals surface area (Å²) in [6.07, 6.45) is 19.1. The second kappa shape index (κ2) is 8.24. The lowest BCUT2D eigenvalue weighted by Gasteiger charge is -2.57. The molecule has 4 fully saturated rings. The first-order valence-corrected chi connectivity index (χ1v) is 13.1. The molecule has 4 aliphatic rings. The van der Waals surface area contributed by atoms with Crippen molar-refractivity contribution in [2.45, 2.75) is 123 Å². The van der Waals surface area contributed by atoms with Gasteiger partial charge in [-0.2, -0.15) is 0 Å².